The maximum absolute atomic E-state index is 12.4. The van der Waals surface area contributed by atoms with Gasteiger partial charge in [-0.1, -0.05) is 25.5 Å². The van der Waals surface area contributed by atoms with Gasteiger partial charge >= 0.3 is 0 Å². The molecule has 1 fully saturated rings. The molecule has 4 nitrogen and oxygen atoms in total. The number of nitrogens with one attached hydrogen (secondary N) is 2. The Morgan fingerprint density at radius 2 is 2.19 bits per heavy atom. The molecule has 1 atom stereocenters. The Kier molecular flexibility index (Phi) is 6.54. The van der Waals surface area contributed by atoms with E-state index >= 15 is 0 Å². The normalized spacial score (nSPS) is 19.6. The smallest absolute Gasteiger partial charge is 0.240 e. The molecule has 0 spiro atoms. The van der Waals surface area contributed by atoms with Gasteiger partial charge in [-0.25, -0.2) is 13.1 Å². The molecule has 0 amide bonds. The summed E-state index contributed by atoms with van der Waals surface area (Å²) in [5.41, 5.74) is 0.992. The van der Waals surface area contributed by atoms with Crippen molar-refractivity contribution in [2.75, 3.05) is 18.8 Å². The van der Waals surface area contributed by atoms with Crippen molar-refractivity contribution in [3.05, 3.63) is 29.8 Å². The molecule has 1 saturated heterocycles. The van der Waals surface area contributed by atoms with Crippen LogP contribution in [-0.2, 0) is 16.6 Å². The largest absolute Gasteiger partial charge is 0.313 e. The minimum atomic E-state index is -3.40. The lowest BCUT2D eigenvalue weighted by atomic mass is 10.2. The second-order valence-electron chi connectivity index (χ2n) is 5.27. The zero-order chi connectivity index (χ0) is 15.1. The van der Waals surface area contributed by atoms with Gasteiger partial charge in [0.1, 0.15) is 0 Å². The van der Waals surface area contributed by atoms with Gasteiger partial charge in [-0.2, -0.15) is 11.8 Å². The van der Waals surface area contributed by atoms with Gasteiger partial charge < -0.3 is 5.32 Å². The Balaban J connectivity index is 1.97. The Morgan fingerprint density at radius 1 is 1.33 bits per heavy atom. The summed E-state index contributed by atoms with van der Waals surface area (Å²) in [4.78, 5) is 0.360. The number of benzene rings is 1. The summed E-state index contributed by atoms with van der Waals surface area (Å²) in [5.74, 6) is 1.14. The summed E-state index contributed by atoms with van der Waals surface area (Å²) >= 11 is 1.88. The predicted octanol–water partition coefficient (Wildman–Crippen LogP) is 2.36. The lowest BCUT2D eigenvalue weighted by Crippen LogP contribution is -2.32. The van der Waals surface area contributed by atoms with Crippen molar-refractivity contribution in [1.82, 2.24) is 10.0 Å². The molecule has 0 radical (unpaired) electrons. The second kappa shape index (κ2) is 8.17. The van der Waals surface area contributed by atoms with E-state index in [4.69, 9.17) is 0 Å². The highest BCUT2D eigenvalue weighted by Crippen LogP contribution is 2.24. The van der Waals surface area contributed by atoms with E-state index in [1.54, 1.807) is 18.2 Å². The molecule has 1 aromatic carbocycles. The Hall–Kier alpha value is -0.560. The van der Waals surface area contributed by atoms with Crippen LogP contribution in [-0.4, -0.2) is 32.5 Å². The number of sulfonamides is 1. The molecular weight excluding hydrogens is 304 g/mol. The van der Waals surface area contributed by atoms with Crippen LogP contribution in [0.25, 0.3) is 0 Å². The third-order valence-corrected chi connectivity index (χ3v) is 6.38. The second-order valence-corrected chi connectivity index (χ2v) is 8.44. The van der Waals surface area contributed by atoms with E-state index in [-0.39, 0.29) is 0 Å². The zero-order valence-electron chi connectivity index (χ0n) is 12.5. The molecule has 21 heavy (non-hydrogen) atoms. The number of hydrogen-bond donors (Lipinski definition) is 2. The average Bonchev–Trinajstić information content (AvgIpc) is 2.52. The van der Waals surface area contributed by atoms with E-state index in [2.05, 4.69) is 10.0 Å². The van der Waals surface area contributed by atoms with Crippen molar-refractivity contribution >= 4 is 21.8 Å². The molecule has 2 N–H and O–H groups in total. The van der Waals surface area contributed by atoms with Crippen molar-refractivity contribution in [2.45, 2.75) is 42.9 Å². The lowest BCUT2D eigenvalue weighted by molar-refractivity contribution is 0.573. The van der Waals surface area contributed by atoms with Gasteiger partial charge in [-0.05, 0) is 42.8 Å². The molecular formula is C15H24N2O2S2. The van der Waals surface area contributed by atoms with E-state index in [0.717, 1.165) is 24.3 Å². The summed E-state index contributed by atoms with van der Waals surface area (Å²) in [6.07, 6.45) is 3.56. The zero-order valence-corrected chi connectivity index (χ0v) is 14.1. The quantitative estimate of drug-likeness (QED) is 0.807. The van der Waals surface area contributed by atoms with Gasteiger partial charge in [0, 0.05) is 18.3 Å². The van der Waals surface area contributed by atoms with Gasteiger partial charge in [-0.3, -0.25) is 0 Å². The van der Waals surface area contributed by atoms with E-state index in [1.165, 1.54) is 12.8 Å². The maximum Gasteiger partial charge on any atom is 0.240 e. The molecule has 1 aromatic rings. The highest BCUT2D eigenvalue weighted by molar-refractivity contribution is 8.00. The first-order chi connectivity index (χ1) is 10.1. The molecule has 1 aliphatic rings. The summed E-state index contributed by atoms with van der Waals surface area (Å²) in [6.45, 7) is 4.13. The molecule has 0 bridgehead atoms. The molecule has 0 aromatic heterocycles. The summed E-state index contributed by atoms with van der Waals surface area (Å²) in [6, 6.07) is 7.15. The van der Waals surface area contributed by atoms with Crippen LogP contribution < -0.4 is 10.0 Å². The van der Waals surface area contributed by atoms with Gasteiger partial charge in [-0.15, -0.1) is 0 Å². The molecule has 118 valence electrons. The SMILES string of the molecule is CCNCc1cccc(S(=O)(=O)NCC2CCCCS2)c1. The standard InChI is InChI=1S/C15H24N2O2S2/c1-2-16-11-13-6-5-8-15(10-13)21(18,19)17-12-14-7-3-4-9-20-14/h5-6,8,10,14,16-17H,2-4,7,9,11-12H2,1H3. The Bertz CT molecular complexity index is 540. The third-order valence-electron chi connectivity index (χ3n) is 3.56. The average molecular weight is 329 g/mol. The first-order valence-corrected chi connectivity index (χ1v) is 10.1. The highest BCUT2D eigenvalue weighted by Gasteiger charge is 2.19. The summed E-state index contributed by atoms with van der Waals surface area (Å²) < 4.78 is 27.5. The van der Waals surface area contributed by atoms with E-state index in [9.17, 15) is 8.42 Å². The van der Waals surface area contributed by atoms with Crippen molar-refractivity contribution in [2.24, 2.45) is 0 Å². The molecule has 1 unspecified atom stereocenters. The van der Waals surface area contributed by atoms with Crippen molar-refractivity contribution in [3.8, 4) is 0 Å². The maximum atomic E-state index is 12.4. The molecule has 6 heteroatoms. The first-order valence-electron chi connectivity index (χ1n) is 7.53. The van der Waals surface area contributed by atoms with Gasteiger partial charge in [0.15, 0.2) is 0 Å². The van der Waals surface area contributed by atoms with E-state index in [0.29, 0.717) is 23.2 Å². The van der Waals surface area contributed by atoms with Crippen LogP contribution in [0.15, 0.2) is 29.2 Å². The molecule has 1 heterocycles. The molecule has 2 rings (SSSR count). The third kappa shape index (κ3) is 5.29. The van der Waals surface area contributed by atoms with E-state index < -0.39 is 10.0 Å². The first kappa shape index (κ1) is 16.8. The monoisotopic (exact) mass is 328 g/mol. The minimum Gasteiger partial charge on any atom is -0.313 e. The van der Waals surface area contributed by atoms with Crippen LogP contribution in [0.4, 0.5) is 0 Å². The highest BCUT2D eigenvalue weighted by atomic mass is 32.2. The van der Waals surface area contributed by atoms with Crippen LogP contribution in [0, 0.1) is 0 Å². The lowest BCUT2D eigenvalue weighted by Gasteiger charge is -2.21. The van der Waals surface area contributed by atoms with Gasteiger partial charge in [0.2, 0.25) is 10.0 Å². The molecule has 0 saturated carbocycles. The van der Waals surface area contributed by atoms with Crippen LogP contribution >= 0.6 is 11.8 Å². The van der Waals surface area contributed by atoms with Crippen LogP contribution in [0.1, 0.15) is 31.7 Å². The Morgan fingerprint density at radius 3 is 2.90 bits per heavy atom. The minimum absolute atomic E-state index is 0.360. The summed E-state index contributed by atoms with van der Waals surface area (Å²) in [7, 11) is -3.40. The van der Waals surface area contributed by atoms with Crippen molar-refractivity contribution in [1.29, 1.82) is 0 Å². The number of hydrogen-bond acceptors (Lipinski definition) is 4. The van der Waals surface area contributed by atoms with E-state index in [1.807, 2.05) is 24.8 Å². The van der Waals surface area contributed by atoms with Crippen LogP contribution in [0.2, 0.25) is 0 Å². The molecule has 1 aliphatic heterocycles. The fraction of sp³-hybridized carbons (Fsp3) is 0.600. The van der Waals surface area contributed by atoms with Crippen molar-refractivity contribution < 1.29 is 8.42 Å². The fourth-order valence-electron chi connectivity index (χ4n) is 2.35. The van der Waals surface area contributed by atoms with Crippen molar-refractivity contribution in [3.63, 3.8) is 0 Å². The molecule has 0 aliphatic carbocycles. The Labute approximate surface area is 132 Å². The van der Waals surface area contributed by atoms with Gasteiger partial charge in [0.25, 0.3) is 0 Å². The fourth-order valence-corrected chi connectivity index (χ4v) is 4.84. The summed E-state index contributed by atoms with van der Waals surface area (Å²) in [5, 5.41) is 3.62. The van der Waals surface area contributed by atoms with Gasteiger partial charge in [0.05, 0.1) is 4.90 Å². The number of rotatable bonds is 7. The van der Waals surface area contributed by atoms with Crippen LogP contribution in [0.5, 0.6) is 0 Å². The topological polar surface area (TPSA) is 58.2 Å². The van der Waals surface area contributed by atoms with Crippen LogP contribution in [0.3, 0.4) is 0 Å². The number of thioether (sulfide) groups is 1. The predicted molar refractivity (Wildman–Crippen MR) is 89.1 cm³/mol.